The largest absolute Gasteiger partial charge is 0.544 e. The molecule has 12 nitrogen and oxygen atoms in total. The summed E-state index contributed by atoms with van der Waals surface area (Å²) >= 11 is 0. The predicted octanol–water partition coefficient (Wildman–Crippen LogP) is 8.07. The zero-order chi connectivity index (χ0) is 46.5. The van der Waals surface area contributed by atoms with E-state index < -0.39 is 30.1 Å². The lowest BCUT2D eigenvalue weighted by molar-refractivity contribution is -0.958. The molecule has 6 unspecified atom stereocenters. The minimum Gasteiger partial charge on any atom is -0.544 e. The molecule has 0 fully saturated rings. The van der Waals surface area contributed by atoms with Crippen LogP contribution in [-0.4, -0.2) is 86.6 Å². The molecule has 8 rings (SSSR count). The molecule has 4 aromatic rings. The van der Waals surface area contributed by atoms with Crippen LogP contribution >= 0.6 is 0 Å². The van der Waals surface area contributed by atoms with Gasteiger partial charge in [-0.1, -0.05) is 70.6 Å². The number of carbonyl (C=O) groups excluding carboxylic acids is 2. The smallest absolute Gasteiger partial charge is 0.201 e. The van der Waals surface area contributed by atoms with E-state index in [2.05, 4.69) is 13.8 Å². The molecule has 0 aromatic heterocycles. The van der Waals surface area contributed by atoms with Crippen molar-refractivity contribution < 1.29 is 57.6 Å². The standard InChI is InChI=1S/C53H68N2O10/c1-8-10-12-14-16-40(52(57)58)54(3)26-24-36-31-45(62-6)47-33-39(36)42(54)28-34-18-21-38(22-19-34)64-46-30-35(20-23-44(46)61-5)29-43-49-37(32-48(63-7)50(56)51(49)65-47)25-27-55(43,4)41(53(59)60)17-15-13-11-9-2/h18-23,30-33,40-43H,8-17,24-29H2,1-7H3,(H-2,56,57,58,59,60). The Morgan fingerprint density at radius 2 is 1.20 bits per heavy atom. The SMILES string of the molecule is CCCCCCC(C(=O)[O-])[N+]1(C)CCc2cc(OC)c3cc2C1Cc1ccc(cc1)Oc1cc(ccc1OC)CC1c2c(cc(OC)c(O)c2O3)CC[N+]1(C)C(CCCCCC)C(=O)[O-]. The second-order valence-corrected chi connectivity index (χ2v) is 18.8. The topological polar surface area (TPSA) is 147 Å². The van der Waals surface area contributed by atoms with Gasteiger partial charge in [0.25, 0.3) is 0 Å². The Balaban J connectivity index is 1.48. The molecule has 12 heteroatoms. The first-order valence-corrected chi connectivity index (χ1v) is 23.7. The first-order chi connectivity index (χ1) is 31.3. The Bertz CT molecular complexity index is 2330. The van der Waals surface area contributed by atoms with Crippen molar-refractivity contribution >= 4 is 11.9 Å². The number of unbranched alkanes of at least 4 members (excludes halogenated alkanes) is 6. The van der Waals surface area contributed by atoms with E-state index in [0.717, 1.165) is 79.2 Å². The van der Waals surface area contributed by atoms with Crippen LogP contribution in [0.15, 0.2) is 60.7 Å². The van der Waals surface area contributed by atoms with E-state index in [-0.39, 0.29) is 32.3 Å². The third kappa shape index (κ3) is 9.61. The fourth-order valence-electron chi connectivity index (χ4n) is 11.1. The van der Waals surface area contributed by atoms with Gasteiger partial charge >= 0.3 is 0 Å². The van der Waals surface area contributed by atoms with Crippen molar-refractivity contribution in [2.24, 2.45) is 0 Å². The van der Waals surface area contributed by atoms with Crippen molar-refractivity contribution in [3.8, 4) is 46.0 Å². The summed E-state index contributed by atoms with van der Waals surface area (Å²) in [7, 11) is 8.72. The number of likely N-dealkylation sites (N-methyl/N-ethyl adjacent to an activating group) is 2. The molecule has 0 aliphatic carbocycles. The molecule has 4 heterocycles. The second-order valence-electron chi connectivity index (χ2n) is 18.8. The Morgan fingerprint density at radius 1 is 0.662 bits per heavy atom. The van der Waals surface area contributed by atoms with Crippen LogP contribution in [0.5, 0.6) is 46.0 Å². The van der Waals surface area contributed by atoms with Crippen LogP contribution in [0.4, 0.5) is 0 Å². The van der Waals surface area contributed by atoms with E-state index >= 15 is 0 Å². The summed E-state index contributed by atoms with van der Waals surface area (Å²) in [6, 6.07) is 17.0. The van der Waals surface area contributed by atoms with Crippen LogP contribution in [-0.2, 0) is 35.3 Å². The number of hydrogen-bond donors (Lipinski definition) is 1. The van der Waals surface area contributed by atoms with Crippen molar-refractivity contribution in [3.63, 3.8) is 0 Å². The number of aromatic hydroxyl groups is 1. The van der Waals surface area contributed by atoms with Crippen molar-refractivity contribution in [1.82, 2.24) is 0 Å². The van der Waals surface area contributed by atoms with E-state index in [1.165, 1.54) is 7.11 Å². The van der Waals surface area contributed by atoms with Crippen molar-refractivity contribution in [2.75, 3.05) is 48.5 Å². The molecule has 350 valence electrons. The molecule has 4 aliphatic rings. The number of benzene rings is 4. The average Bonchev–Trinajstić information content (AvgIpc) is 3.29. The highest BCUT2D eigenvalue weighted by molar-refractivity contribution is 5.71. The number of methoxy groups -OCH3 is 3. The molecule has 4 aromatic carbocycles. The summed E-state index contributed by atoms with van der Waals surface area (Å²) in [6.45, 7) is 5.34. The van der Waals surface area contributed by atoms with Gasteiger partial charge in [-0.2, -0.15) is 0 Å². The summed E-state index contributed by atoms with van der Waals surface area (Å²) in [4.78, 5) is 26.7. The second kappa shape index (κ2) is 20.4. The summed E-state index contributed by atoms with van der Waals surface area (Å²) in [5.74, 6) is 0.421. The van der Waals surface area contributed by atoms with Gasteiger partial charge in [0.2, 0.25) is 5.75 Å². The van der Waals surface area contributed by atoms with Gasteiger partial charge in [-0.15, -0.1) is 0 Å². The number of ether oxygens (including phenoxy) is 5. The molecule has 1 N–H and O–H groups in total. The number of quaternary nitrogens is 2. The number of phenols is 1. The molecule has 6 atom stereocenters. The number of nitrogens with zero attached hydrogens (tertiary/aromatic N) is 2. The fourth-order valence-corrected chi connectivity index (χ4v) is 11.1. The molecular weight excluding hydrogens is 825 g/mol. The van der Waals surface area contributed by atoms with Crippen LogP contribution in [0.3, 0.4) is 0 Å². The fraction of sp³-hybridized carbons (Fsp3) is 0.509. The number of hydrogen-bond acceptors (Lipinski definition) is 10. The van der Waals surface area contributed by atoms with E-state index in [1.54, 1.807) is 14.2 Å². The maximum Gasteiger partial charge on any atom is 0.201 e. The summed E-state index contributed by atoms with van der Waals surface area (Å²) in [6.07, 6.45) is 10.4. The number of carboxylic acids is 2. The third-order valence-electron chi connectivity index (χ3n) is 14.9. The summed E-state index contributed by atoms with van der Waals surface area (Å²) in [5, 5.41) is 39.0. The highest BCUT2D eigenvalue weighted by atomic mass is 16.5. The van der Waals surface area contributed by atoms with Crippen LogP contribution in [0.25, 0.3) is 0 Å². The molecular formula is C53H68N2O10. The lowest BCUT2D eigenvalue weighted by Crippen LogP contribution is -2.63. The van der Waals surface area contributed by atoms with Crippen LogP contribution in [0.1, 0.15) is 124 Å². The van der Waals surface area contributed by atoms with E-state index in [9.17, 15) is 24.9 Å². The number of fused-ring (bicyclic) bond motifs is 2. The molecule has 0 amide bonds. The van der Waals surface area contributed by atoms with E-state index in [0.29, 0.717) is 85.9 Å². The third-order valence-corrected chi connectivity index (χ3v) is 14.9. The Kier molecular flexibility index (Phi) is 14.9. The highest BCUT2D eigenvalue weighted by Crippen LogP contribution is 2.54. The van der Waals surface area contributed by atoms with Crippen LogP contribution < -0.4 is 33.9 Å². The van der Waals surface area contributed by atoms with Gasteiger partial charge in [0.05, 0.1) is 66.0 Å². The number of aliphatic carboxylic acids is 2. The van der Waals surface area contributed by atoms with Crippen molar-refractivity contribution in [3.05, 3.63) is 94.0 Å². The first-order valence-electron chi connectivity index (χ1n) is 23.7. The number of phenolic OH excluding ortho intramolecular Hbond substituents is 1. The van der Waals surface area contributed by atoms with Gasteiger partial charge < -0.3 is 57.6 Å². The van der Waals surface area contributed by atoms with Gasteiger partial charge in [-0.25, -0.2) is 0 Å². The molecule has 0 spiro atoms. The van der Waals surface area contributed by atoms with Gasteiger partial charge in [0, 0.05) is 44.1 Å². The van der Waals surface area contributed by atoms with E-state index in [1.807, 2.05) is 74.8 Å². The Morgan fingerprint density at radius 3 is 1.78 bits per heavy atom. The van der Waals surface area contributed by atoms with Gasteiger partial charge in [0.1, 0.15) is 29.9 Å². The summed E-state index contributed by atoms with van der Waals surface area (Å²) < 4.78 is 31.7. The van der Waals surface area contributed by atoms with Crippen molar-refractivity contribution in [1.29, 1.82) is 0 Å². The quantitative estimate of drug-likeness (QED) is 0.0816. The number of rotatable bonds is 17. The average molecular weight is 893 g/mol. The molecule has 65 heavy (non-hydrogen) atoms. The Labute approximate surface area is 384 Å². The lowest BCUT2D eigenvalue weighted by atomic mass is 9.83. The summed E-state index contributed by atoms with van der Waals surface area (Å²) in [5.41, 5.74) is 5.36. The number of carbonyl (C=O) groups is 2. The number of carboxylic acid groups (broad SMARTS) is 2. The van der Waals surface area contributed by atoms with Gasteiger partial charge in [-0.05, 0) is 77.6 Å². The van der Waals surface area contributed by atoms with Gasteiger partial charge in [0.15, 0.2) is 34.5 Å². The highest BCUT2D eigenvalue weighted by Gasteiger charge is 2.49. The maximum absolute atomic E-state index is 13.4. The normalized spacial score (nSPS) is 22.0. The zero-order valence-electron chi connectivity index (χ0n) is 39.4. The first kappa shape index (κ1) is 47.5. The molecule has 0 saturated carbocycles. The Hall–Kier alpha value is -5.46. The monoisotopic (exact) mass is 892 g/mol. The molecule has 4 aliphatic heterocycles. The predicted molar refractivity (Wildman–Crippen MR) is 245 cm³/mol. The minimum atomic E-state index is -1.11. The van der Waals surface area contributed by atoms with Crippen molar-refractivity contribution in [2.45, 2.75) is 128 Å². The van der Waals surface area contributed by atoms with Crippen LogP contribution in [0.2, 0.25) is 0 Å². The lowest BCUT2D eigenvalue weighted by Gasteiger charge is -2.51. The van der Waals surface area contributed by atoms with Gasteiger partial charge in [-0.3, -0.25) is 0 Å². The minimum absolute atomic E-state index is 0.107. The maximum atomic E-state index is 13.4. The van der Waals surface area contributed by atoms with E-state index in [4.69, 9.17) is 23.7 Å². The molecule has 6 bridgehead atoms. The van der Waals surface area contributed by atoms with Crippen LogP contribution in [0, 0.1) is 0 Å². The molecule has 0 radical (unpaired) electrons. The zero-order valence-corrected chi connectivity index (χ0v) is 39.4. The molecule has 0 saturated heterocycles.